The van der Waals surface area contributed by atoms with E-state index in [1.807, 2.05) is 4.68 Å². The SMILES string of the molecule is CCN(CCNCc1ncnn1CC)C1CC1. The van der Waals surface area contributed by atoms with Gasteiger partial charge in [0, 0.05) is 25.7 Å². The van der Waals surface area contributed by atoms with E-state index < -0.39 is 0 Å². The Bertz CT molecular complexity index is 331. The summed E-state index contributed by atoms with van der Waals surface area (Å²) in [7, 11) is 0. The van der Waals surface area contributed by atoms with Crippen LogP contribution in [0.1, 0.15) is 32.5 Å². The zero-order valence-corrected chi connectivity index (χ0v) is 10.9. The number of hydrogen-bond donors (Lipinski definition) is 1. The predicted octanol–water partition coefficient (Wildman–Crippen LogP) is 0.872. The van der Waals surface area contributed by atoms with Crippen molar-refractivity contribution in [2.24, 2.45) is 0 Å². The lowest BCUT2D eigenvalue weighted by molar-refractivity contribution is 0.276. The first-order valence-electron chi connectivity index (χ1n) is 6.66. The van der Waals surface area contributed by atoms with E-state index in [0.717, 1.165) is 44.6 Å². The third kappa shape index (κ3) is 3.51. The summed E-state index contributed by atoms with van der Waals surface area (Å²) < 4.78 is 1.94. The third-order valence-electron chi connectivity index (χ3n) is 3.32. The molecule has 0 atom stereocenters. The topological polar surface area (TPSA) is 46.0 Å². The molecule has 1 heterocycles. The standard InChI is InChI=1S/C12H23N5/c1-3-16(11-5-6-11)8-7-13-9-12-14-10-15-17(12)4-2/h10-11,13H,3-9H2,1-2H3. The van der Waals surface area contributed by atoms with Crippen LogP contribution in [0.2, 0.25) is 0 Å². The number of aromatic nitrogens is 3. The fraction of sp³-hybridized carbons (Fsp3) is 0.833. The number of nitrogens with zero attached hydrogens (tertiary/aromatic N) is 4. The van der Waals surface area contributed by atoms with Crippen LogP contribution in [0.15, 0.2) is 6.33 Å². The highest BCUT2D eigenvalue weighted by atomic mass is 15.3. The highest BCUT2D eigenvalue weighted by molar-refractivity contribution is 4.85. The molecule has 0 spiro atoms. The summed E-state index contributed by atoms with van der Waals surface area (Å²) in [4.78, 5) is 6.80. The van der Waals surface area contributed by atoms with Crippen LogP contribution < -0.4 is 5.32 Å². The number of nitrogens with one attached hydrogen (secondary N) is 1. The smallest absolute Gasteiger partial charge is 0.140 e. The van der Waals surface area contributed by atoms with Crippen molar-refractivity contribution in [3.8, 4) is 0 Å². The van der Waals surface area contributed by atoms with Gasteiger partial charge in [0.25, 0.3) is 0 Å². The highest BCUT2D eigenvalue weighted by Crippen LogP contribution is 2.25. The minimum atomic E-state index is 0.816. The summed E-state index contributed by atoms with van der Waals surface area (Å²) in [5.41, 5.74) is 0. The Kier molecular flexibility index (Phi) is 4.50. The highest BCUT2D eigenvalue weighted by Gasteiger charge is 2.26. The molecule has 1 saturated carbocycles. The van der Waals surface area contributed by atoms with E-state index in [-0.39, 0.29) is 0 Å². The van der Waals surface area contributed by atoms with E-state index in [9.17, 15) is 0 Å². The van der Waals surface area contributed by atoms with Crippen molar-refractivity contribution in [1.82, 2.24) is 25.0 Å². The maximum absolute atomic E-state index is 4.25. The third-order valence-corrected chi connectivity index (χ3v) is 3.32. The molecule has 5 heteroatoms. The second kappa shape index (κ2) is 6.12. The van der Waals surface area contributed by atoms with Crippen molar-refractivity contribution >= 4 is 0 Å². The molecule has 0 unspecified atom stereocenters. The fourth-order valence-corrected chi connectivity index (χ4v) is 2.15. The van der Waals surface area contributed by atoms with E-state index in [1.54, 1.807) is 6.33 Å². The van der Waals surface area contributed by atoms with E-state index in [4.69, 9.17) is 0 Å². The molecule has 0 aromatic carbocycles. The Hall–Kier alpha value is -0.940. The van der Waals surface area contributed by atoms with Gasteiger partial charge in [-0.3, -0.25) is 4.90 Å². The van der Waals surface area contributed by atoms with Crippen molar-refractivity contribution in [2.45, 2.75) is 45.8 Å². The van der Waals surface area contributed by atoms with Gasteiger partial charge in [0.2, 0.25) is 0 Å². The number of likely N-dealkylation sites (N-methyl/N-ethyl adjacent to an activating group) is 1. The van der Waals surface area contributed by atoms with Crippen LogP contribution in [0, 0.1) is 0 Å². The molecule has 1 aliphatic carbocycles. The minimum absolute atomic E-state index is 0.816. The fourth-order valence-electron chi connectivity index (χ4n) is 2.15. The predicted molar refractivity (Wildman–Crippen MR) is 67.7 cm³/mol. The van der Waals surface area contributed by atoms with Crippen LogP contribution in [0.5, 0.6) is 0 Å². The molecule has 1 aromatic rings. The molecule has 0 amide bonds. The molecule has 0 saturated heterocycles. The molecular weight excluding hydrogens is 214 g/mol. The number of aryl methyl sites for hydroxylation is 1. The maximum atomic E-state index is 4.25. The summed E-state index contributed by atoms with van der Waals surface area (Å²) in [6, 6.07) is 0.862. The molecule has 0 bridgehead atoms. The average molecular weight is 237 g/mol. The first kappa shape index (κ1) is 12.5. The second-order valence-electron chi connectivity index (χ2n) is 4.53. The van der Waals surface area contributed by atoms with Gasteiger partial charge in [-0.15, -0.1) is 0 Å². The van der Waals surface area contributed by atoms with Crippen LogP contribution in [0.25, 0.3) is 0 Å². The van der Waals surface area contributed by atoms with Gasteiger partial charge in [-0.1, -0.05) is 6.92 Å². The monoisotopic (exact) mass is 237 g/mol. The van der Waals surface area contributed by atoms with Crippen LogP contribution in [0.4, 0.5) is 0 Å². The molecule has 5 nitrogen and oxygen atoms in total. The van der Waals surface area contributed by atoms with Crippen molar-refractivity contribution in [3.63, 3.8) is 0 Å². The van der Waals surface area contributed by atoms with E-state index >= 15 is 0 Å². The van der Waals surface area contributed by atoms with Crippen molar-refractivity contribution in [1.29, 1.82) is 0 Å². The molecule has 0 radical (unpaired) electrons. The summed E-state index contributed by atoms with van der Waals surface area (Å²) in [5.74, 6) is 1.03. The van der Waals surface area contributed by atoms with Gasteiger partial charge in [-0.25, -0.2) is 9.67 Å². The molecule has 1 N–H and O–H groups in total. The first-order chi connectivity index (χ1) is 8.35. The van der Waals surface area contributed by atoms with Gasteiger partial charge in [0.1, 0.15) is 12.2 Å². The van der Waals surface area contributed by atoms with Crippen molar-refractivity contribution < 1.29 is 0 Å². The van der Waals surface area contributed by atoms with Gasteiger partial charge >= 0.3 is 0 Å². The van der Waals surface area contributed by atoms with Crippen molar-refractivity contribution in [3.05, 3.63) is 12.2 Å². The second-order valence-corrected chi connectivity index (χ2v) is 4.53. The van der Waals surface area contributed by atoms with Crippen LogP contribution in [-0.4, -0.2) is 45.3 Å². The lowest BCUT2D eigenvalue weighted by Crippen LogP contribution is -2.33. The van der Waals surface area contributed by atoms with Crippen LogP contribution in [-0.2, 0) is 13.1 Å². The van der Waals surface area contributed by atoms with Crippen molar-refractivity contribution in [2.75, 3.05) is 19.6 Å². The number of rotatable bonds is 8. The van der Waals surface area contributed by atoms with Crippen LogP contribution >= 0.6 is 0 Å². The van der Waals surface area contributed by atoms with Gasteiger partial charge in [0.05, 0.1) is 6.54 Å². The molecule has 2 rings (SSSR count). The Morgan fingerprint density at radius 2 is 2.29 bits per heavy atom. The van der Waals surface area contributed by atoms with Gasteiger partial charge in [-0.2, -0.15) is 5.10 Å². The largest absolute Gasteiger partial charge is 0.309 e. The summed E-state index contributed by atoms with van der Waals surface area (Å²) in [6.07, 6.45) is 4.40. The lowest BCUT2D eigenvalue weighted by Gasteiger charge is -2.19. The Labute approximate surface area is 103 Å². The summed E-state index contributed by atoms with van der Waals surface area (Å²) in [5, 5.41) is 7.60. The molecular formula is C12H23N5. The first-order valence-corrected chi connectivity index (χ1v) is 6.66. The van der Waals surface area contributed by atoms with Gasteiger partial charge < -0.3 is 5.32 Å². The Morgan fingerprint density at radius 3 is 2.94 bits per heavy atom. The van der Waals surface area contributed by atoms with E-state index in [0.29, 0.717) is 0 Å². The molecule has 1 aliphatic rings. The minimum Gasteiger partial charge on any atom is -0.309 e. The lowest BCUT2D eigenvalue weighted by atomic mass is 10.4. The molecule has 17 heavy (non-hydrogen) atoms. The quantitative estimate of drug-likeness (QED) is 0.682. The zero-order chi connectivity index (χ0) is 12.1. The van der Waals surface area contributed by atoms with E-state index in [2.05, 4.69) is 34.1 Å². The molecule has 1 fully saturated rings. The summed E-state index contributed by atoms with van der Waals surface area (Å²) >= 11 is 0. The molecule has 96 valence electrons. The number of hydrogen-bond acceptors (Lipinski definition) is 4. The Morgan fingerprint density at radius 1 is 1.47 bits per heavy atom. The van der Waals surface area contributed by atoms with Gasteiger partial charge in [-0.05, 0) is 26.3 Å². The molecule has 0 aliphatic heterocycles. The normalized spacial score (nSPS) is 15.7. The van der Waals surface area contributed by atoms with Gasteiger partial charge in [0.15, 0.2) is 0 Å². The molecule has 1 aromatic heterocycles. The van der Waals surface area contributed by atoms with Crippen LogP contribution in [0.3, 0.4) is 0 Å². The van der Waals surface area contributed by atoms with E-state index in [1.165, 1.54) is 12.8 Å². The summed E-state index contributed by atoms with van der Waals surface area (Å²) in [6.45, 7) is 9.37. The zero-order valence-electron chi connectivity index (χ0n) is 10.9. The average Bonchev–Trinajstić information content (AvgIpc) is 3.08. The maximum Gasteiger partial charge on any atom is 0.140 e. The Balaban J connectivity index is 1.65.